The Kier molecular flexibility index (Phi) is 7.20. The van der Waals surface area contributed by atoms with Crippen molar-refractivity contribution in [2.75, 3.05) is 16.4 Å². The zero-order valence-corrected chi connectivity index (χ0v) is 15.7. The summed E-state index contributed by atoms with van der Waals surface area (Å²) in [5, 5.41) is 7.32. The molecule has 2 amide bonds. The molecule has 0 atom stereocenters. The maximum Gasteiger partial charge on any atom is 0.277 e. The van der Waals surface area contributed by atoms with Gasteiger partial charge >= 0.3 is 0 Å². The number of rotatable bonds is 8. The molecule has 25 heavy (non-hydrogen) atoms. The van der Waals surface area contributed by atoms with E-state index in [0.29, 0.717) is 10.0 Å². The van der Waals surface area contributed by atoms with Crippen molar-refractivity contribution in [3.63, 3.8) is 0 Å². The fourth-order valence-electron chi connectivity index (χ4n) is 1.84. The molecule has 0 fully saturated rings. The van der Waals surface area contributed by atoms with Crippen LogP contribution >= 0.6 is 23.1 Å². The molecular formula is C16H20N4O3S2. The lowest BCUT2D eigenvalue weighted by Gasteiger charge is -2.11. The number of nitrogens with one attached hydrogen (secondary N) is 3. The molecule has 134 valence electrons. The first-order valence-electron chi connectivity index (χ1n) is 7.97. The quantitative estimate of drug-likeness (QED) is 0.370. The maximum atomic E-state index is 12.4. The van der Waals surface area contributed by atoms with Crippen LogP contribution in [-0.4, -0.2) is 27.5 Å². The second-order valence-corrected chi connectivity index (χ2v) is 7.16. The number of hydrogen-bond acceptors (Lipinski definition) is 6. The molecule has 3 N–H and O–H groups in total. The van der Waals surface area contributed by atoms with Crippen LogP contribution in [0.5, 0.6) is 0 Å². The predicted molar refractivity (Wildman–Crippen MR) is 102 cm³/mol. The van der Waals surface area contributed by atoms with Gasteiger partial charge in [0.1, 0.15) is 0 Å². The summed E-state index contributed by atoms with van der Waals surface area (Å²) in [7, 11) is 0. The number of hydrogen-bond donors (Lipinski definition) is 3. The van der Waals surface area contributed by atoms with E-state index >= 15 is 0 Å². The Balaban J connectivity index is 2.30. The Morgan fingerprint density at radius 2 is 2.12 bits per heavy atom. The van der Waals surface area contributed by atoms with Crippen molar-refractivity contribution in [3.05, 3.63) is 32.7 Å². The third-order valence-corrected chi connectivity index (χ3v) is 5.02. The summed E-state index contributed by atoms with van der Waals surface area (Å²) in [6.07, 6.45) is 2.26. The number of anilines is 2. The SMILES string of the molecule is CCCCSc1nc(NC(=O)CC)c(NC(=O)c2cccs2)c(=O)[nH]1. The van der Waals surface area contributed by atoms with E-state index in [0.717, 1.165) is 18.6 Å². The number of carbonyl (C=O) groups is 2. The number of unbranched alkanes of at least 4 members (excludes halogenated alkanes) is 1. The Hall–Kier alpha value is -2.13. The zero-order chi connectivity index (χ0) is 18.2. The van der Waals surface area contributed by atoms with Gasteiger partial charge in [-0.15, -0.1) is 11.3 Å². The molecule has 0 radical (unpaired) electrons. The van der Waals surface area contributed by atoms with Crippen molar-refractivity contribution in [1.29, 1.82) is 0 Å². The van der Waals surface area contributed by atoms with E-state index in [1.807, 2.05) is 0 Å². The van der Waals surface area contributed by atoms with Crippen LogP contribution in [0, 0.1) is 0 Å². The summed E-state index contributed by atoms with van der Waals surface area (Å²) < 4.78 is 0. The van der Waals surface area contributed by atoms with Crippen LogP contribution in [0.25, 0.3) is 0 Å². The van der Waals surface area contributed by atoms with E-state index in [4.69, 9.17) is 0 Å². The molecule has 0 bridgehead atoms. The first-order valence-corrected chi connectivity index (χ1v) is 9.83. The number of nitrogens with zero attached hydrogens (tertiary/aromatic N) is 1. The van der Waals surface area contributed by atoms with E-state index in [9.17, 15) is 14.4 Å². The molecule has 2 rings (SSSR count). The second kappa shape index (κ2) is 9.38. The van der Waals surface area contributed by atoms with Gasteiger partial charge in [-0.3, -0.25) is 19.4 Å². The highest BCUT2D eigenvalue weighted by atomic mass is 32.2. The third-order valence-electron chi connectivity index (χ3n) is 3.20. The molecular weight excluding hydrogens is 360 g/mol. The number of amides is 2. The fraction of sp³-hybridized carbons (Fsp3) is 0.375. The molecule has 0 saturated heterocycles. The maximum absolute atomic E-state index is 12.4. The van der Waals surface area contributed by atoms with Crippen LogP contribution in [0.3, 0.4) is 0 Å². The normalized spacial score (nSPS) is 10.5. The van der Waals surface area contributed by atoms with Crippen molar-refractivity contribution in [1.82, 2.24) is 9.97 Å². The van der Waals surface area contributed by atoms with E-state index in [-0.39, 0.29) is 23.8 Å². The number of aromatic amines is 1. The molecule has 0 aromatic carbocycles. The lowest BCUT2D eigenvalue weighted by atomic mass is 10.3. The first kappa shape index (κ1) is 19.2. The molecule has 0 spiro atoms. The number of H-pyrrole nitrogens is 1. The van der Waals surface area contributed by atoms with Crippen LogP contribution in [0.2, 0.25) is 0 Å². The highest BCUT2D eigenvalue weighted by molar-refractivity contribution is 7.99. The van der Waals surface area contributed by atoms with Crippen molar-refractivity contribution < 1.29 is 9.59 Å². The summed E-state index contributed by atoms with van der Waals surface area (Å²) in [5.74, 6) is 0.177. The van der Waals surface area contributed by atoms with Gasteiger partial charge in [-0.05, 0) is 17.9 Å². The summed E-state index contributed by atoms with van der Waals surface area (Å²) in [5.41, 5.74) is -0.551. The van der Waals surface area contributed by atoms with E-state index in [1.54, 1.807) is 24.4 Å². The first-order chi connectivity index (χ1) is 12.0. The van der Waals surface area contributed by atoms with Crippen LogP contribution in [0.1, 0.15) is 42.8 Å². The Labute approximate surface area is 153 Å². The molecule has 9 heteroatoms. The molecule has 0 aliphatic heterocycles. The molecule has 2 heterocycles. The average molecular weight is 380 g/mol. The van der Waals surface area contributed by atoms with Gasteiger partial charge in [0, 0.05) is 12.2 Å². The van der Waals surface area contributed by atoms with Gasteiger partial charge in [0.25, 0.3) is 11.5 Å². The van der Waals surface area contributed by atoms with E-state index in [1.165, 1.54) is 23.1 Å². The molecule has 0 aliphatic rings. The van der Waals surface area contributed by atoms with Gasteiger partial charge in [0.05, 0.1) is 4.88 Å². The van der Waals surface area contributed by atoms with Gasteiger partial charge in [0.15, 0.2) is 16.7 Å². The summed E-state index contributed by atoms with van der Waals surface area (Å²) in [6.45, 7) is 3.77. The van der Waals surface area contributed by atoms with Gasteiger partial charge in [-0.2, -0.15) is 0 Å². The second-order valence-electron chi connectivity index (χ2n) is 5.13. The largest absolute Gasteiger partial charge is 0.314 e. The van der Waals surface area contributed by atoms with Gasteiger partial charge in [-0.25, -0.2) is 4.98 Å². The van der Waals surface area contributed by atoms with Crippen LogP contribution in [0.15, 0.2) is 27.5 Å². The Morgan fingerprint density at radius 3 is 2.76 bits per heavy atom. The van der Waals surface area contributed by atoms with Crippen molar-refractivity contribution in [2.24, 2.45) is 0 Å². The molecule has 2 aromatic heterocycles. The topological polar surface area (TPSA) is 104 Å². The fourth-order valence-corrected chi connectivity index (χ4v) is 3.41. The summed E-state index contributed by atoms with van der Waals surface area (Å²) >= 11 is 2.67. The van der Waals surface area contributed by atoms with Gasteiger partial charge in [0.2, 0.25) is 5.91 Å². The lowest BCUT2D eigenvalue weighted by Crippen LogP contribution is -2.24. The highest BCUT2D eigenvalue weighted by Crippen LogP contribution is 2.21. The third kappa shape index (κ3) is 5.43. The van der Waals surface area contributed by atoms with Crippen molar-refractivity contribution in [3.8, 4) is 0 Å². The zero-order valence-electron chi connectivity index (χ0n) is 14.0. The minimum absolute atomic E-state index is 0.0555. The predicted octanol–water partition coefficient (Wildman–Crippen LogP) is 3.32. The Morgan fingerprint density at radius 1 is 1.32 bits per heavy atom. The van der Waals surface area contributed by atoms with Crippen molar-refractivity contribution in [2.45, 2.75) is 38.3 Å². The van der Waals surface area contributed by atoms with E-state index < -0.39 is 11.5 Å². The molecule has 0 unspecified atom stereocenters. The minimum atomic E-state index is -0.495. The molecule has 7 nitrogen and oxygen atoms in total. The smallest absolute Gasteiger partial charge is 0.277 e. The summed E-state index contributed by atoms with van der Waals surface area (Å²) in [4.78, 5) is 43.8. The Bertz CT molecular complexity index is 787. The summed E-state index contributed by atoms with van der Waals surface area (Å²) in [6, 6.07) is 3.40. The number of carbonyl (C=O) groups excluding carboxylic acids is 2. The monoisotopic (exact) mass is 380 g/mol. The van der Waals surface area contributed by atoms with Gasteiger partial charge < -0.3 is 10.6 Å². The average Bonchev–Trinajstić information content (AvgIpc) is 3.12. The molecule has 0 aliphatic carbocycles. The van der Waals surface area contributed by atoms with Crippen molar-refractivity contribution >= 4 is 46.4 Å². The van der Waals surface area contributed by atoms with E-state index in [2.05, 4.69) is 27.5 Å². The number of aromatic nitrogens is 2. The number of thioether (sulfide) groups is 1. The highest BCUT2D eigenvalue weighted by Gasteiger charge is 2.17. The van der Waals surface area contributed by atoms with Crippen LogP contribution < -0.4 is 16.2 Å². The van der Waals surface area contributed by atoms with Gasteiger partial charge in [-0.1, -0.05) is 38.1 Å². The molecule has 0 saturated carbocycles. The lowest BCUT2D eigenvalue weighted by molar-refractivity contribution is -0.115. The molecule has 2 aromatic rings. The number of thiophene rings is 1. The standard InChI is InChI=1S/C16H20N4O3S2/c1-3-5-8-25-16-19-13(17-11(21)4-2)12(15(23)20-16)18-14(22)10-7-6-9-24-10/h6-7,9H,3-5,8H2,1-2H3,(H,18,22)(H2,17,19,20,21,23). The minimum Gasteiger partial charge on any atom is -0.314 e. The van der Waals surface area contributed by atoms with Crippen LogP contribution in [0.4, 0.5) is 11.5 Å². The van der Waals surface area contributed by atoms with Crippen LogP contribution in [-0.2, 0) is 4.79 Å².